The first-order chi connectivity index (χ1) is 19.2. The number of aryl methyl sites for hydroxylation is 2. The molecule has 0 aliphatic heterocycles. The highest BCUT2D eigenvalue weighted by Crippen LogP contribution is 2.22. The Morgan fingerprint density at radius 1 is 0.846 bits per heavy atom. The molecule has 39 heavy (non-hydrogen) atoms. The number of fused-ring (bicyclic) bond motifs is 2. The molecular formula is C33H34ClN3O2. The van der Waals surface area contributed by atoms with Gasteiger partial charge in [-0.05, 0) is 65.9 Å². The van der Waals surface area contributed by atoms with E-state index in [4.69, 9.17) is 21.3 Å². The fourth-order valence-corrected chi connectivity index (χ4v) is 5.13. The molecule has 200 valence electrons. The number of carbonyl (C=O) groups is 1. The van der Waals surface area contributed by atoms with E-state index in [0.29, 0.717) is 24.6 Å². The molecule has 0 aliphatic rings. The Hall–Kier alpha value is -3.83. The van der Waals surface area contributed by atoms with E-state index < -0.39 is 0 Å². The van der Waals surface area contributed by atoms with Gasteiger partial charge in [0.2, 0.25) is 5.91 Å². The monoisotopic (exact) mass is 539 g/mol. The quantitative estimate of drug-likeness (QED) is 0.159. The molecule has 4 aromatic carbocycles. The number of aromatic nitrogens is 2. The van der Waals surface area contributed by atoms with Crippen molar-refractivity contribution in [3.63, 3.8) is 0 Å². The molecule has 6 heteroatoms. The van der Waals surface area contributed by atoms with Gasteiger partial charge in [0, 0.05) is 24.5 Å². The Morgan fingerprint density at radius 2 is 1.64 bits per heavy atom. The lowest BCUT2D eigenvalue weighted by atomic mass is 10.1. The predicted molar refractivity (Wildman–Crippen MR) is 160 cm³/mol. The molecule has 5 rings (SSSR count). The maximum Gasteiger partial charge on any atom is 0.224 e. The lowest BCUT2D eigenvalue weighted by molar-refractivity contribution is -0.120. The van der Waals surface area contributed by atoms with E-state index in [1.54, 1.807) is 0 Å². The molecule has 1 N–H and O–H groups in total. The molecule has 0 aliphatic carbocycles. The number of unbranched alkanes of at least 4 members (excludes halogenated alkanes) is 2. The Kier molecular flexibility index (Phi) is 9.13. The van der Waals surface area contributed by atoms with Crippen molar-refractivity contribution < 1.29 is 9.53 Å². The van der Waals surface area contributed by atoms with E-state index in [9.17, 15) is 4.79 Å². The average Bonchev–Trinajstić information content (AvgIpc) is 3.31. The number of rotatable bonds is 13. The molecule has 5 nitrogen and oxygen atoms in total. The van der Waals surface area contributed by atoms with Crippen LogP contribution in [0.1, 0.15) is 37.1 Å². The fourth-order valence-electron chi connectivity index (χ4n) is 4.93. The van der Waals surface area contributed by atoms with Crippen molar-refractivity contribution in [1.82, 2.24) is 14.9 Å². The summed E-state index contributed by atoms with van der Waals surface area (Å²) in [7, 11) is 0. The van der Waals surface area contributed by atoms with Crippen molar-refractivity contribution in [3.8, 4) is 5.75 Å². The summed E-state index contributed by atoms with van der Waals surface area (Å²) in [6, 6.07) is 30.4. The van der Waals surface area contributed by atoms with E-state index in [0.717, 1.165) is 61.3 Å². The van der Waals surface area contributed by atoms with Crippen molar-refractivity contribution >= 4 is 39.3 Å². The minimum absolute atomic E-state index is 0.0100. The topological polar surface area (TPSA) is 56.2 Å². The molecule has 0 bridgehead atoms. The summed E-state index contributed by atoms with van der Waals surface area (Å²) < 4.78 is 8.42. The van der Waals surface area contributed by atoms with E-state index in [1.807, 2.05) is 36.4 Å². The van der Waals surface area contributed by atoms with E-state index in [2.05, 4.69) is 64.5 Å². The summed E-state index contributed by atoms with van der Waals surface area (Å²) in [5.74, 6) is 2.03. The zero-order valence-electron chi connectivity index (χ0n) is 22.1. The minimum Gasteiger partial charge on any atom is -0.494 e. The SMILES string of the molecule is O=C(Cc1ccccc1Cl)NCCCCCc1nc2ccccc2n1CCCOc1ccc2ccccc2c1. The van der Waals surface area contributed by atoms with Crippen LogP contribution in [0.3, 0.4) is 0 Å². The molecule has 0 fully saturated rings. The molecule has 0 spiro atoms. The van der Waals surface area contributed by atoms with Crippen LogP contribution in [0.2, 0.25) is 5.02 Å². The van der Waals surface area contributed by atoms with Crippen molar-refractivity contribution in [1.29, 1.82) is 0 Å². The number of amides is 1. The molecule has 5 aromatic rings. The zero-order chi connectivity index (χ0) is 26.9. The van der Waals surface area contributed by atoms with Gasteiger partial charge in [-0.15, -0.1) is 0 Å². The average molecular weight is 540 g/mol. The van der Waals surface area contributed by atoms with Gasteiger partial charge in [0.1, 0.15) is 11.6 Å². The van der Waals surface area contributed by atoms with Crippen LogP contribution in [0.15, 0.2) is 91.0 Å². The number of nitrogens with one attached hydrogen (secondary N) is 1. The van der Waals surface area contributed by atoms with Crippen LogP contribution >= 0.6 is 11.6 Å². The predicted octanol–water partition coefficient (Wildman–Crippen LogP) is 7.38. The normalized spacial score (nSPS) is 11.2. The maximum absolute atomic E-state index is 12.2. The van der Waals surface area contributed by atoms with E-state index >= 15 is 0 Å². The fraction of sp³-hybridized carbons (Fsp3) is 0.273. The molecule has 0 unspecified atom stereocenters. The smallest absolute Gasteiger partial charge is 0.224 e. The maximum atomic E-state index is 12.2. The van der Waals surface area contributed by atoms with Gasteiger partial charge in [-0.1, -0.05) is 78.7 Å². The van der Waals surface area contributed by atoms with Gasteiger partial charge in [-0.25, -0.2) is 4.98 Å². The van der Waals surface area contributed by atoms with Crippen LogP contribution in [-0.4, -0.2) is 28.6 Å². The van der Waals surface area contributed by atoms with Crippen LogP contribution in [0.4, 0.5) is 0 Å². The summed E-state index contributed by atoms with van der Waals surface area (Å²) in [5, 5.41) is 6.06. The summed E-state index contributed by atoms with van der Waals surface area (Å²) in [4.78, 5) is 17.2. The number of hydrogen-bond acceptors (Lipinski definition) is 3. The number of ether oxygens (including phenoxy) is 1. The highest BCUT2D eigenvalue weighted by atomic mass is 35.5. The van der Waals surface area contributed by atoms with E-state index in [-0.39, 0.29) is 5.91 Å². The van der Waals surface area contributed by atoms with Crippen molar-refractivity contribution in [2.45, 2.75) is 45.1 Å². The molecular weight excluding hydrogens is 506 g/mol. The van der Waals surface area contributed by atoms with Crippen LogP contribution in [0, 0.1) is 0 Å². The zero-order valence-corrected chi connectivity index (χ0v) is 22.9. The first kappa shape index (κ1) is 26.8. The first-order valence-corrected chi connectivity index (χ1v) is 14.1. The van der Waals surface area contributed by atoms with Crippen molar-refractivity contribution in [3.05, 3.63) is 107 Å². The second-order valence-electron chi connectivity index (χ2n) is 9.81. The largest absolute Gasteiger partial charge is 0.494 e. The number of nitrogens with zero attached hydrogens (tertiary/aromatic N) is 2. The third kappa shape index (κ3) is 7.18. The van der Waals surface area contributed by atoms with Crippen LogP contribution in [0.5, 0.6) is 5.75 Å². The van der Waals surface area contributed by atoms with Crippen LogP contribution in [-0.2, 0) is 24.2 Å². The van der Waals surface area contributed by atoms with E-state index in [1.165, 1.54) is 16.3 Å². The highest BCUT2D eigenvalue weighted by molar-refractivity contribution is 6.31. The molecule has 0 atom stereocenters. The molecule has 0 saturated carbocycles. The van der Waals surface area contributed by atoms with Gasteiger partial charge >= 0.3 is 0 Å². The lowest BCUT2D eigenvalue weighted by Crippen LogP contribution is -2.26. The van der Waals surface area contributed by atoms with Crippen LogP contribution in [0.25, 0.3) is 21.8 Å². The number of imidazole rings is 1. The lowest BCUT2D eigenvalue weighted by Gasteiger charge is -2.11. The standard InChI is InChI=1S/C33H34ClN3O2/c34-29-14-6-5-13-27(29)24-33(38)35-20-9-1-2-17-32-36-30-15-7-8-16-31(30)37(32)21-10-22-39-28-19-18-25-11-3-4-12-26(25)23-28/h3-8,11-16,18-19,23H,1-2,9-10,17,20-22,24H2,(H,35,38). The van der Waals surface area contributed by atoms with Gasteiger partial charge < -0.3 is 14.6 Å². The van der Waals surface area contributed by atoms with Gasteiger partial charge in [0.05, 0.1) is 24.1 Å². The summed E-state index contributed by atoms with van der Waals surface area (Å²) in [6.45, 7) is 2.19. The highest BCUT2D eigenvalue weighted by Gasteiger charge is 2.11. The first-order valence-electron chi connectivity index (χ1n) is 13.7. The Bertz CT molecular complexity index is 1540. The molecule has 0 saturated heterocycles. The molecule has 1 heterocycles. The van der Waals surface area contributed by atoms with Gasteiger partial charge in [-0.2, -0.15) is 0 Å². The van der Waals surface area contributed by atoms with Crippen molar-refractivity contribution in [2.75, 3.05) is 13.2 Å². The Balaban J connectivity index is 1.08. The summed E-state index contributed by atoms with van der Waals surface area (Å²) >= 11 is 6.16. The molecule has 1 aromatic heterocycles. The number of benzene rings is 4. The number of para-hydroxylation sites is 2. The molecule has 0 radical (unpaired) electrons. The number of halogens is 1. The van der Waals surface area contributed by atoms with Gasteiger partial charge in [0.15, 0.2) is 0 Å². The number of hydrogen-bond donors (Lipinski definition) is 1. The van der Waals surface area contributed by atoms with Crippen molar-refractivity contribution in [2.24, 2.45) is 0 Å². The second-order valence-corrected chi connectivity index (χ2v) is 10.2. The Morgan fingerprint density at radius 3 is 2.54 bits per heavy atom. The van der Waals surface area contributed by atoms with Gasteiger partial charge in [0.25, 0.3) is 0 Å². The molecule has 1 amide bonds. The third-order valence-corrected chi connectivity index (χ3v) is 7.33. The summed E-state index contributed by atoms with van der Waals surface area (Å²) in [6.07, 6.45) is 5.12. The second kappa shape index (κ2) is 13.3. The summed E-state index contributed by atoms with van der Waals surface area (Å²) in [5.41, 5.74) is 3.07. The minimum atomic E-state index is 0.0100. The third-order valence-electron chi connectivity index (χ3n) is 6.96. The van der Waals surface area contributed by atoms with Gasteiger partial charge in [-0.3, -0.25) is 4.79 Å². The van der Waals surface area contributed by atoms with Crippen LogP contribution < -0.4 is 10.1 Å². The Labute approximate surface area is 234 Å². The number of carbonyl (C=O) groups excluding carboxylic acids is 1.